The Balaban J connectivity index is 2.06. The highest BCUT2D eigenvalue weighted by molar-refractivity contribution is 6.34. The van der Waals surface area contributed by atoms with Crippen LogP contribution in [0.15, 0.2) is 18.2 Å². The molecule has 0 saturated carbocycles. The number of benzene rings is 1. The monoisotopic (exact) mass is 297 g/mol. The lowest BCUT2D eigenvalue weighted by atomic mass is 10.2. The molecule has 1 aromatic rings. The lowest BCUT2D eigenvalue weighted by Crippen LogP contribution is -2.39. The molecule has 20 heavy (non-hydrogen) atoms. The summed E-state index contributed by atoms with van der Waals surface area (Å²) in [5.41, 5.74) is -0.0790. The molecule has 8 heteroatoms. The number of carboxylic acid groups (broad SMARTS) is 1. The Labute approximate surface area is 119 Å². The number of carboxylic acids is 1. The van der Waals surface area contributed by atoms with Crippen LogP contribution in [0, 0.1) is 0 Å². The van der Waals surface area contributed by atoms with Gasteiger partial charge in [0, 0.05) is 13.0 Å². The van der Waals surface area contributed by atoms with Crippen LogP contribution in [0.25, 0.3) is 0 Å². The predicted octanol–water partition coefficient (Wildman–Crippen LogP) is 1.05. The number of anilines is 1. The average Bonchev–Trinajstić information content (AvgIpc) is 2.74. The van der Waals surface area contributed by atoms with Crippen molar-refractivity contribution in [1.82, 2.24) is 10.6 Å². The van der Waals surface area contributed by atoms with Gasteiger partial charge < -0.3 is 21.1 Å². The predicted molar refractivity (Wildman–Crippen MR) is 72.0 cm³/mol. The fourth-order valence-electron chi connectivity index (χ4n) is 1.90. The zero-order valence-corrected chi connectivity index (χ0v) is 11.0. The van der Waals surface area contributed by atoms with Gasteiger partial charge in [0.05, 0.1) is 16.8 Å². The van der Waals surface area contributed by atoms with E-state index in [1.54, 1.807) is 0 Å². The molecule has 4 N–H and O–H groups in total. The molecule has 106 valence electrons. The Morgan fingerprint density at radius 3 is 2.75 bits per heavy atom. The summed E-state index contributed by atoms with van der Waals surface area (Å²) in [6.45, 7) is 0.355. The largest absolute Gasteiger partial charge is 0.478 e. The summed E-state index contributed by atoms with van der Waals surface area (Å²) in [6, 6.07) is 3.50. The molecule has 1 heterocycles. The molecule has 1 aliphatic heterocycles. The van der Waals surface area contributed by atoms with E-state index >= 15 is 0 Å². The van der Waals surface area contributed by atoms with Crippen molar-refractivity contribution in [2.24, 2.45) is 0 Å². The van der Waals surface area contributed by atoms with Crippen molar-refractivity contribution >= 4 is 35.2 Å². The molecule has 0 spiro atoms. The maximum absolute atomic E-state index is 11.8. The third-order valence-corrected chi connectivity index (χ3v) is 3.10. The van der Waals surface area contributed by atoms with Crippen molar-refractivity contribution in [3.05, 3.63) is 28.8 Å². The van der Waals surface area contributed by atoms with E-state index in [0.717, 1.165) is 0 Å². The molecular formula is C12H12ClN3O4. The lowest BCUT2D eigenvalue weighted by molar-refractivity contribution is -0.119. The number of aromatic carboxylic acids is 1. The van der Waals surface area contributed by atoms with Crippen LogP contribution in [0.4, 0.5) is 10.5 Å². The third-order valence-electron chi connectivity index (χ3n) is 2.79. The van der Waals surface area contributed by atoms with Crippen molar-refractivity contribution in [2.45, 2.75) is 12.5 Å². The molecule has 1 fully saturated rings. The van der Waals surface area contributed by atoms with E-state index < -0.39 is 12.0 Å². The first kappa shape index (κ1) is 14.1. The van der Waals surface area contributed by atoms with E-state index in [1.165, 1.54) is 18.2 Å². The molecule has 7 nitrogen and oxygen atoms in total. The van der Waals surface area contributed by atoms with Gasteiger partial charge in [0.2, 0.25) is 5.91 Å². The smallest absolute Gasteiger partial charge is 0.339 e. The maximum atomic E-state index is 11.8. The summed E-state index contributed by atoms with van der Waals surface area (Å²) in [5, 5.41) is 16.7. The van der Waals surface area contributed by atoms with Gasteiger partial charge in [-0.2, -0.15) is 0 Å². The minimum atomic E-state index is -1.23. The van der Waals surface area contributed by atoms with Crippen molar-refractivity contribution < 1.29 is 19.5 Å². The minimum absolute atomic E-state index is 0.0352. The Kier molecular flexibility index (Phi) is 4.09. The van der Waals surface area contributed by atoms with Gasteiger partial charge in [-0.15, -0.1) is 0 Å². The number of urea groups is 1. The fraction of sp³-hybridized carbons (Fsp3) is 0.250. The second-order valence-electron chi connectivity index (χ2n) is 4.27. The standard InChI is InChI=1S/C12H12ClN3O4/c13-7-2-1-3-8(10(7)11(18)19)16-12(20)15-6-4-9(17)14-5-6/h1-3,6H,4-5H2,(H,14,17)(H,18,19)(H2,15,16,20). The molecule has 1 aliphatic rings. The summed E-state index contributed by atoms with van der Waals surface area (Å²) in [5.74, 6) is -1.37. The first-order valence-electron chi connectivity index (χ1n) is 5.83. The van der Waals surface area contributed by atoms with E-state index in [-0.39, 0.29) is 34.6 Å². The van der Waals surface area contributed by atoms with Crippen LogP contribution in [-0.4, -0.2) is 35.6 Å². The minimum Gasteiger partial charge on any atom is -0.478 e. The molecule has 0 aromatic heterocycles. The number of amides is 3. The summed E-state index contributed by atoms with van der Waals surface area (Å²) >= 11 is 5.79. The highest BCUT2D eigenvalue weighted by Crippen LogP contribution is 2.24. The zero-order valence-electron chi connectivity index (χ0n) is 10.3. The third kappa shape index (κ3) is 3.18. The molecule has 1 saturated heterocycles. The average molecular weight is 298 g/mol. The van der Waals surface area contributed by atoms with Crippen LogP contribution < -0.4 is 16.0 Å². The van der Waals surface area contributed by atoms with E-state index in [2.05, 4.69) is 16.0 Å². The topological polar surface area (TPSA) is 108 Å². The van der Waals surface area contributed by atoms with Crippen LogP contribution in [0.2, 0.25) is 5.02 Å². The van der Waals surface area contributed by atoms with Gasteiger partial charge >= 0.3 is 12.0 Å². The van der Waals surface area contributed by atoms with Crippen LogP contribution in [0.3, 0.4) is 0 Å². The van der Waals surface area contributed by atoms with Crippen LogP contribution >= 0.6 is 11.6 Å². The number of hydrogen-bond donors (Lipinski definition) is 4. The molecule has 0 radical (unpaired) electrons. The molecule has 1 atom stereocenters. The molecule has 3 amide bonds. The van der Waals surface area contributed by atoms with Gasteiger partial charge in [0.25, 0.3) is 0 Å². The van der Waals surface area contributed by atoms with Crippen LogP contribution in [-0.2, 0) is 4.79 Å². The number of rotatable bonds is 3. The first-order valence-corrected chi connectivity index (χ1v) is 6.21. The van der Waals surface area contributed by atoms with Gasteiger partial charge in [-0.1, -0.05) is 17.7 Å². The van der Waals surface area contributed by atoms with Gasteiger partial charge in [-0.05, 0) is 12.1 Å². The van der Waals surface area contributed by atoms with E-state index in [4.69, 9.17) is 16.7 Å². The van der Waals surface area contributed by atoms with Gasteiger partial charge in [-0.25, -0.2) is 9.59 Å². The summed E-state index contributed by atoms with van der Waals surface area (Å²) < 4.78 is 0. The Bertz CT molecular complexity index is 576. The molecule has 0 bridgehead atoms. The number of halogens is 1. The first-order chi connectivity index (χ1) is 9.47. The van der Waals surface area contributed by atoms with Crippen molar-refractivity contribution in [2.75, 3.05) is 11.9 Å². The molecule has 1 aromatic carbocycles. The van der Waals surface area contributed by atoms with Gasteiger partial charge in [0.1, 0.15) is 5.56 Å². The molecule has 1 unspecified atom stereocenters. The van der Waals surface area contributed by atoms with Crippen molar-refractivity contribution in [3.63, 3.8) is 0 Å². The normalized spacial score (nSPS) is 17.4. The number of carbonyl (C=O) groups is 3. The Morgan fingerprint density at radius 2 is 2.15 bits per heavy atom. The Hall–Kier alpha value is -2.28. The van der Waals surface area contributed by atoms with E-state index in [1.807, 2.05) is 0 Å². The quantitative estimate of drug-likeness (QED) is 0.669. The number of hydrogen-bond acceptors (Lipinski definition) is 3. The Morgan fingerprint density at radius 1 is 1.40 bits per heavy atom. The molecule has 0 aliphatic carbocycles. The summed E-state index contributed by atoms with van der Waals surface area (Å²) in [7, 11) is 0. The zero-order chi connectivity index (χ0) is 14.7. The van der Waals surface area contributed by atoms with Crippen LogP contribution in [0.1, 0.15) is 16.8 Å². The summed E-state index contributed by atoms with van der Waals surface area (Å²) in [6.07, 6.45) is 0.203. The molecule has 2 rings (SSSR count). The van der Waals surface area contributed by atoms with Gasteiger partial charge in [-0.3, -0.25) is 4.79 Å². The second-order valence-corrected chi connectivity index (χ2v) is 4.68. The van der Waals surface area contributed by atoms with E-state index in [9.17, 15) is 14.4 Å². The molecular weight excluding hydrogens is 286 g/mol. The van der Waals surface area contributed by atoms with E-state index in [0.29, 0.717) is 6.54 Å². The fourth-order valence-corrected chi connectivity index (χ4v) is 2.15. The number of nitrogens with one attached hydrogen (secondary N) is 3. The highest BCUT2D eigenvalue weighted by Gasteiger charge is 2.23. The maximum Gasteiger partial charge on any atom is 0.339 e. The SMILES string of the molecule is O=C1CC(NC(=O)Nc2cccc(Cl)c2C(=O)O)CN1. The van der Waals surface area contributed by atoms with Crippen LogP contribution in [0.5, 0.6) is 0 Å². The van der Waals surface area contributed by atoms with Crippen molar-refractivity contribution in [3.8, 4) is 0 Å². The highest BCUT2D eigenvalue weighted by atomic mass is 35.5. The lowest BCUT2D eigenvalue weighted by Gasteiger charge is -2.13. The van der Waals surface area contributed by atoms with Crippen molar-refractivity contribution in [1.29, 1.82) is 0 Å². The number of carbonyl (C=O) groups excluding carboxylic acids is 2. The van der Waals surface area contributed by atoms with Gasteiger partial charge in [0.15, 0.2) is 0 Å². The summed E-state index contributed by atoms with van der Waals surface area (Å²) in [4.78, 5) is 33.9. The second kappa shape index (κ2) is 5.79.